The summed E-state index contributed by atoms with van der Waals surface area (Å²) < 4.78 is 5.50. The van der Waals surface area contributed by atoms with Gasteiger partial charge in [0.25, 0.3) is 0 Å². The Morgan fingerprint density at radius 1 is 1.53 bits per heavy atom. The Labute approximate surface area is 117 Å². The van der Waals surface area contributed by atoms with E-state index in [2.05, 4.69) is 23.8 Å². The van der Waals surface area contributed by atoms with E-state index in [4.69, 9.17) is 16.3 Å². The van der Waals surface area contributed by atoms with Crippen LogP contribution < -0.4 is 4.74 Å². The summed E-state index contributed by atoms with van der Waals surface area (Å²) in [4.78, 5) is 21.5. The Bertz CT molecular complexity index is 447. The summed E-state index contributed by atoms with van der Waals surface area (Å²) in [6.45, 7) is 6.17. The van der Waals surface area contributed by atoms with E-state index in [0.29, 0.717) is 35.9 Å². The molecule has 1 aromatic rings. The first-order valence-electron chi connectivity index (χ1n) is 6.42. The van der Waals surface area contributed by atoms with Crippen LogP contribution in [0.15, 0.2) is 12.4 Å². The van der Waals surface area contributed by atoms with Crippen molar-refractivity contribution in [3.63, 3.8) is 0 Å². The Hall–Kier alpha value is -1.36. The van der Waals surface area contributed by atoms with E-state index >= 15 is 0 Å². The van der Waals surface area contributed by atoms with E-state index in [-0.39, 0.29) is 5.91 Å². The number of carbonyl (C=O) groups excluding carboxylic acids is 1. The quantitative estimate of drug-likeness (QED) is 0.829. The van der Waals surface area contributed by atoms with Crippen molar-refractivity contribution in [2.45, 2.75) is 20.3 Å². The Balaban J connectivity index is 1.69. The predicted octanol–water partition coefficient (Wildman–Crippen LogP) is 2.01. The Kier molecular flexibility index (Phi) is 4.58. The standard InChI is InChI=1S/C13H18ClN3O2/c1-9(2)3-13(18)17-6-10(7-17)8-19-12-5-15-4-11(14)16-12/h4-5,9-10H,3,6-8H2,1-2H3. The fourth-order valence-corrected chi connectivity index (χ4v) is 2.10. The van der Waals surface area contributed by atoms with Crippen LogP contribution in [0, 0.1) is 11.8 Å². The molecule has 0 radical (unpaired) electrons. The van der Waals surface area contributed by atoms with Gasteiger partial charge in [-0.05, 0) is 5.92 Å². The lowest BCUT2D eigenvalue weighted by atomic mass is 9.99. The highest BCUT2D eigenvalue weighted by atomic mass is 35.5. The molecule has 0 spiro atoms. The van der Waals surface area contributed by atoms with Crippen LogP contribution >= 0.6 is 11.6 Å². The minimum atomic E-state index is 0.230. The second-order valence-electron chi connectivity index (χ2n) is 5.25. The number of likely N-dealkylation sites (tertiary alicyclic amines) is 1. The van der Waals surface area contributed by atoms with Gasteiger partial charge in [-0.2, -0.15) is 4.98 Å². The van der Waals surface area contributed by atoms with Gasteiger partial charge in [-0.1, -0.05) is 25.4 Å². The van der Waals surface area contributed by atoms with Crippen LogP contribution in [0.25, 0.3) is 0 Å². The average Bonchev–Trinajstić information content (AvgIpc) is 2.25. The number of halogens is 1. The summed E-state index contributed by atoms with van der Waals surface area (Å²) >= 11 is 5.71. The third kappa shape index (κ3) is 4.06. The maximum Gasteiger partial charge on any atom is 0.233 e. The van der Waals surface area contributed by atoms with Crippen molar-refractivity contribution in [2.75, 3.05) is 19.7 Å². The maximum atomic E-state index is 11.7. The first kappa shape index (κ1) is 14.1. The molecular formula is C13H18ClN3O2. The van der Waals surface area contributed by atoms with E-state index in [9.17, 15) is 4.79 Å². The topological polar surface area (TPSA) is 55.3 Å². The number of hydrogen-bond acceptors (Lipinski definition) is 4. The molecule has 19 heavy (non-hydrogen) atoms. The van der Waals surface area contributed by atoms with E-state index in [1.54, 1.807) is 0 Å². The molecule has 5 nitrogen and oxygen atoms in total. The molecule has 0 unspecified atom stereocenters. The normalized spacial score (nSPS) is 15.5. The molecule has 104 valence electrons. The molecule has 0 aliphatic carbocycles. The molecule has 6 heteroatoms. The number of amides is 1. The lowest BCUT2D eigenvalue weighted by molar-refractivity contribution is -0.139. The zero-order valence-corrected chi connectivity index (χ0v) is 11.9. The predicted molar refractivity (Wildman–Crippen MR) is 72.1 cm³/mol. The number of aromatic nitrogens is 2. The van der Waals surface area contributed by atoms with Gasteiger partial charge in [-0.15, -0.1) is 0 Å². The molecule has 1 amide bonds. The van der Waals surface area contributed by atoms with Gasteiger partial charge in [0.2, 0.25) is 11.8 Å². The zero-order chi connectivity index (χ0) is 13.8. The molecule has 1 aliphatic rings. The molecule has 0 bridgehead atoms. The zero-order valence-electron chi connectivity index (χ0n) is 11.2. The van der Waals surface area contributed by atoms with Crippen molar-refractivity contribution in [3.8, 4) is 5.88 Å². The largest absolute Gasteiger partial charge is 0.476 e. The first-order chi connectivity index (χ1) is 9.04. The summed E-state index contributed by atoms with van der Waals surface area (Å²) in [5.41, 5.74) is 0. The molecule has 0 aromatic carbocycles. The van der Waals surface area contributed by atoms with Crippen LogP contribution in [-0.2, 0) is 4.79 Å². The fraction of sp³-hybridized carbons (Fsp3) is 0.615. The van der Waals surface area contributed by atoms with Crippen molar-refractivity contribution in [1.82, 2.24) is 14.9 Å². The maximum absolute atomic E-state index is 11.7. The number of nitrogens with zero attached hydrogens (tertiary/aromatic N) is 3. The molecule has 2 rings (SSSR count). The molecule has 1 fully saturated rings. The third-order valence-corrected chi connectivity index (χ3v) is 3.12. The monoisotopic (exact) mass is 283 g/mol. The summed E-state index contributed by atoms with van der Waals surface area (Å²) in [7, 11) is 0. The number of hydrogen-bond donors (Lipinski definition) is 0. The molecule has 1 aromatic heterocycles. The van der Waals surface area contributed by atoms with Gasteiger partial charge >= 0.3 is 0 Å². The molecule has 1 saturated heterocycles. The molecular weight excluding hydrogens is 266 g/mol. The van der Waals surface area contributed by atoms with E-state index in [0.717, 1.165) is 13.1 Å². The van der Waals surface area contributed by atoms with Gasteiger partial charge in [0.05, 0.1) is 19.0 Å². The Morgan fingerprint density at radius 3 is 2.89 bits per heavy atom. The van der Waals surface area contributed by atoms with Crippen LogP contribution in [-0.4, -0.2) is 40.5 Å². The summed E-state index contributed by atoms with van der Waals surface area (Å²) in [5.74, 6) is 1.44. The lowest BCUT2D eigenvalue weighted by Crippen LogP contribution is -2.52. The second kappa shape index (κ2) is 6.19. The van der Waals surface area contributed by atoms with Crippen LogP contribution in [0.2, 0.25) is 5.15 Å². The van der Waals surface area contributed by atoms with Crippen molar-refractivity contribution in [2.24, 2.45) is 11.8 Å². The van der Waals surface area contributed by atoms with Crippen molar-refractivity contribution in [1.29, 1.82) is 0 Å². The summed E-state index contributed by atoms with van der Waals surface area (Å²) in [5, 5.41) is 0.319. The number of ether oxygens (including phenoxy) is 1. The lowest BCUT2D eigenvalue weighted by Gasteiger charge is -2.39. The molecule has 1 aliphatic heterocycles. The van der Waals surface area contributed by atoms with Gasteiger partial charge in [0.15, 0.2) is 5.15 Å². The smallest absolute Gasteiger partial charge is 0.233 e. The summed E-state index contributed by atoms with van der Waals surface area (Å²) in [6, 6.07) is 0. The van der Waals surface area contributed by atoms with Gasteiger partial charge in [-0.3, -0.25) is 9.78 Å². The van der Waals surface area contributed by atoms with E-state index in [1.165, 1.54) is 12.4 Å². The molecule has 0 saturated carbocycles. The highest BCUT2D eigenvalue weighted by Gasteiger charge is 2.31. The van der Waals surface area contributed by atoms with Crippen LogP contribution in [0.4, 0.5) is 0 Å². The first-order valence-corrected chi connectivity index (χ1v) is 6.80. The van der Waals surface area contributed by atoms with Crippen LogP contribution in [0.1, 0.15) is 20.3 Å². The SMILES string of the molecule is CC(C)CC(=O)N1CC(COc2cncc(Cl)n2)C1. The van der Waals surface area contributed by atoms with Crippen LogP contribution in [0.3, 0.4) is 0 Å². The summed E-state index contributed by atoms with van der Waals surface area (Å²) in [6.07, 6.45) is 3.61. The average molecular weight is 284 g/mol. The van der Waals surface area contributed by atoms with Gasteiger partial charge in [-0.25, -0.2) is 0 Å². The number of rotatable bonds is 5. The van der Waals surface area contributed by atoms with Gasteiger partial charge in [0, 0.05) is 25.4 Å². The van der Waals surface area contributed by atoms with E-state index < -0.39 is 0 Å². The van der Waals surface area contributed by atoms with Crippen molar-refractivity contribution >= 4 is 17.5 Å². The van der Waals surface area contributed by atoms with Gasteiger partial charge in [0.1, 0.15) is 0 Å². The fourth-order valence-electron chi connectivity index (χ4n) is 1.96. The minimum absolute atomic E-state index is 0.230. The highest BCUT2D eigenvalue weighted by molar-refractivity contribution is 6.29. The van der Waals surface area contributed by atoms with Crippen LogP contribution in [0.5, 0.6) is 5.88 Å². The van der Waals surface area contributed by atoms with E-state index in [1.807, 2.05) is 4.90 Å². The van der Waals surface area contributed by atoms with Crippen molar-refractivity contribution < 1.29 is 9.53 Å². The van der Waals surface area contributed by atoms with Gasteiger partial charge < -0.3 is 9.64 Å². The Morgan fingerprint density at radius 2 is 2.26 bits per heavy atom. The third-order valence-electron chi connectivity index (χ3n) is 2.94. The molecule has 0 N–H and O–H groups in total. The minimum Gasteiger partial charge on any atom is -0.476 e. The number of carbonyl (C=O) groups is 1. The van der Waals surface area contributed by atoms with Crippen molar-refractivity contribution in [3.05, 3.63) is 17.5 Å². The molecule has 2 heterocycles. The highest BCUT2D eigenvalue weighted by Crippen LogP contribution is 2.19. The second-order valence-corrected chi connectivity index (χ2v) is 5.64. The molecule has 0 atom stereocenters.